The van der Waals surface area contributed by atoms with E-state index in [2.05, 4.69) is 5.32 Å². The maximum absolute atomic E-state index is 12.1. The third-order valence-electron chi connectivity index (χ3n) is 2.97. The van der Waals surface area contributed by atoms with Crippen LogP contribution in [0.2, 0.25) is 0 Å². The average Bonchev–Trinajstić information content (AvgIpc) is 2.48. The standard InChI is InChI=1S/C17H16N2O2/c1-12(11-13-5-3-2-4-6-13)17(21)19-15-9-7-14(8-10-15)16(18)20/h2-11H,1H3,(H2,18,20)(H,19,21)/b12-11+. The molecule has 2 rings (SSSR count). The van der Waals surface area contributed by atoms with Crippen LogP contribution in [0.25, 0.3) is 6.08 Å². The summed E-state index contributed by atoms with van der Waals surface area (Å²) in [6.07, 6.45) is 1.81. The fraction of sp³-hybridized carbons (Fsp3) is 0.0588. The predicted octanol–water partition coefficient (Wildman–Crippen LogP) is 2.83. The van der Waals surface area contributed by atoms with Crippen molar-refractivity contribution in [3.63, 3.8) is 0 Å². The summed E-state index contributed by atoms with van der Waals surface area (Å²) in [4.78, 5) is 23.0. The molecule has 3 N–H and O–H groups in total. The van der Waals surface area contributed by atoms with Crippen molar-refractivity contribution in [2.75, 3.05) is 5.32 Å². The minimum Gasteiger partial charge on any atom is -0.366 e. The molecule has 0 unspecified atom stereocenters. The first-order chi connectivity index (χ1) is 10.1. The van der Waals surface area contributed by atoms with Crippen molar-refractivity contribution in [3.05, 3.63) is 71.3 Å². The molecule has 2 amide bonds. The van der Waals surface area contributed by atoms with Crippen molar-refractivity contribution < 1.29 is 9.59 Å². The normalized spacial score (nSPS) is 11.0. The van der Waals surface area contributed by atoms with Gasteiger partial charge in [-0.05, 0) is 42.8 Å². The van der Waals surface area contributed by atoms with Crippen LogP contribution in [0.1, 0.15) is 22.8 Å². The lowest BCUT2D eigenvalue weighted by atomic mass is 10.1. The first kappa shape index (κ1) is 14.5. The number of carbonyl (C=O) groups excluding carboxylic acids is 2. The second kappa shape index (κ2) is 6.52. The Hall–Kier alpha value is -2.88. The molecule has 4 nitrogen and oxygen atoms in total. The Labute approximate surface area is 123 Å². The van der Waals surface area contributed by atoms with E-state index >= 15 is 0 Å². The number of hydrogen-bond acceptors (Lipinski definition) is 2. The summed E-state index contributed by atoms with van der Waals surface area (Å²) < 4.78 is 0. The van der Waals surface area contributed by atoms with Crippen LogP contribution in [0.15, 0.2) is 60.2 Å². The van der Waals surface area contributed by atoms with E-state index in [4.69, 9.17) is 5.73 Å². The number of nitrogens with one attached hydrogen (secondary N) is 1. The molecule has 0 aliphatic carbocycles. The summed E-state index contributed by atoms with van der Waals surface area (Å²) in [5.41, 5.74) is 7.75. The maximum atomic E-state index is 12.1. The largest absolute Gasteiger partial charge is 0.366 e. The van der Waals surface area contributed by atoms with Crippen LogP contribution in [0.3, 0.4) is 0 Å². The molecule has 106 valence electrons. The van der Waals surface area contributed by atoms with Gasteiger partial charge in [-0.25, -0.2) is 0 Å². The van der Waals surface area contributed by atoms with Crippen LogP contribution in [-0.4, -0.2) is 11.8 Å². The first-order valence-corrected chi connectivity index (χ1v) is 6.51. The summed E-state index contributed by atoms with van der Waals surface area (Å²) in [7, 11) is 0. The lowest BCUT2D eigenvalue weighted by Gasteiger charge is -2.06. The zero-order chi connectivity index (χ0) is 15.2. The minimum absolute atomic E-state index is 0.189. The Kier molecular flexibility index (Phi) is 4.51. The van der Waals surface area contributed by atoms with Crippen molar-refractivity contribution in [1.82, 2.24) is 0 Å². The summed E-state index contributed by atoms with van der Waals surface area (Å²) in [5, 5.41) is 2.77. The van der Waals surface area contributed by atoms with Gasteiger partial charge in [0, 0.05) is 16.8 Å². The van der Waals surface area contributed by atoms with Gasteiger partial charge in [-0.2, -0.15) is 0 Å². The third kappa shape index (κ3) is 4.04. The van der Waals surface area contributed by atoms with Gasteiger partial charge in [0.25, 0.3) is 5.91 Å². The van der Waals surface area contributed by atoms with Gasteiger partial charge in [-0.1, -0.05) is 30.3 Å². The first-order valence-electron chi connectivity index (χ1n) is 6.51. The van der Waals surface area contributed by atoms with Crippen molar-refractivity contribution in [2.45, 2.75) is 6.92 Å². The van der Waals surface area contributed by atoms with Crippen LogP contribution in [0.5, 0.6) is 0 Å². The number of carbonyl (C=O) groups is 2. The topological polar surface area (TPSA) is 72.2 Å². The Morgan fingerprint density at radius 3 is 2.19 bits per heavy atom. The van der Waals surface area contributed by atoms with Crippen LogP contribution in [0.4, 0.5) is 5.69 Å². The van der Waals surface area contributed by atoms with Crippen molar-refractivity contribution in [3.8, 4) is 0 Å². The number of primary amides is 1. The lowest BCUT2D eigenvalue weighted by molar-refractivity contribution is -0.112. The van der Waals surface area contributed by atoms with Crippen LogP contribution < -0.4 is 11.1 Å². The Balaban J connectivity index is 2.07. The quantitative estimate of drug-likeness (QED) is 0.845. The molecule has 4 heteroatoms. The zero-order valence-electron chi connectivity index (χ0n) is 11.7. The fourth-order valence-electron chi connectivity index (χ4n) is 1.81. The molecule has 21 heavy (non-hydrogen) atoms. The fourth-order valence-corrected chi connectivity index (χ4v) is 1.81. The van der Waals surface area contributed by atoms with Crippen molar-refractivity contribution >= 4 is 23.6 Å². The third-order valence-corrected chi connectivity index (χ3v) is 2.97. The van der Waals surface area contributed by atoms with Crippen molar-refractivity contribution in [2.24, 2.45) is 5.73 Å². The molecule has 0 aliphatic rings. The van der Waals surface area contributed by atoms with Gasteiger partial charge in [-0.15, -0.1) is 0 Å². The Morgan fingerprint density at radius 1 is 1.00 bits per heavy atom. The second-order valence-corrected chi connectivity index (χ2v) is 4.63. The molecule has 0 fully saturated rings. The van der Waals surface area contributed by atoms with E-state index in [-0.39, 0.29) is 5.91 Å². The van der Waals surface area contributed by atoms with Gasteiger partial charge in [0.05, 0.1) is 0 Å². The number of benzene rings is 2. The molecular formula is C17H16N2O2. The van der Waals surface area contributed by atoms with Gasteiger partial charge in [0.2, 0.25) is 5.91 Å². The van der Waals surface area contributed by atoms with Crippen molar-refractivity contribution in [1.29, 1.82) is 0 Å². The zero-order valence-corrected chi connectivity index (χ0v) is 11.7. The van der Waals surface area contributed by atoms with Gasteiger partial charge in [0.1, 0.15) is 0 Å². The maximum Gasteiger partial charge on any atom is 0.251 e. The molecule has 0 saturated carbocycles. The molecular weight excluding hydrogens is 264 g/mol. The number of anilines is 1. The molecule has 0 aromatic heterocycles. The molecule has 2 aromatic carbocycles. The molecule has 0 atom stereocenters. The smallest absolute Gasteiger partial charge is 0.251 e. The van der Waals surface area contributed by atoms with E-state index < -0.39 is 5.91 Å². The Morgan fingerprint density at radius 2 is 1.62 bits per heavy atom. The number of hydrogen-bond donors (Lipinski definition) is 2. The average molecular weight is 280 g/mol. The minimum atomic E-state index is -0.493. The van der Waals surface area contributed by atoms with Gasteiger partial charge >= 0.3 is 0 Å². The highest BCUT2D eigenvalue weighted by atomic mass is 16.2. The highest BCUT2D eigenvalue weighted by Gasteiger charge is 2.06. The second-order valence-electron chi connectivity index (χ2n) is 4.63. The van der Waals surface area contributed by atoms with E-state index in [9.17, 15) is 9.59 Å². The molecule has 2 aromatic rings. The molecule has 0 heterocycles. The lowest BCUT2D eigenvalue weighted by Crippen LogP contribution is -2.13. The SMILES string of the molecule is C/C(=C\c1ccccc1)C(=O)Nc1ccc(C(N)=O)cc1. The summed E-state index contributed by atoms with van der Waals surface area (Å²) in [6, 6.07) is 16.1. The summed E-state index contributed by atoms with van der Waals surface area (Å²) >= 11 is 0. The van der Waals surface area contributed by atoms with Gasteiger partial charge in [0.15, 0.2) is 0 Å². The molecule has 0 spiro atoms. The number of amides is 2. The van der Waals surface area contributed by atoms with Gasteiger partial charge < -0.3 is 11.1 Å². The highest BCUT2D eigenvalue weighted by Crippen LogP contribution is 2.12. The summed E-state index contributed by atoms with van der Waals surface area (Å²) in [6.45, 7) is 1.75. The predicted molar refractivity (Wildman–Crippen MR) is 83.7 cm³/mol. The molecule has 0 radical (unpaired) electrons. The van der Waals surface area contributed by atoms with E-state index in [1.165, 1.54) is 0 Å². The monoisotopic (exact) mass is 280 g/mol. The molecule has 0 bridgehead atoms. The van der Waals surface area contributed by atoms with E-state index in [0.29, 0.717) is 16.8 Å². The van der Waals surface area contributed by atoms with E-state index in [0.717, 1.165) is 5.56 Å². The van der Waals surface area contributed by atoms with Gasteiger partial charge in [-0.3, -0.25) is 9.59 Å². The molecule has 0 saturated heterocycles. The van der Waals surface area contributed by atoms with Crippen LogP contribution in [-0.2, 0) is 4.79 Å². The number of rotatable bonds is 4. The van der Waals surface area contributed by atoms with E-state index in [1.807, 2.05) is 36.4 Å². The van der Waals surface area contributed by atoms with Crippen LogP contribution >= 0.6 is 0 Å². The summed E-state index contributed by atoms with van der Waals surface area (Å²) in [5.74, 6) is -0.682. The van der Waals surface area contributed by atoms with E-state index in [1.54, 1.807) is 31.2 Å². The van der Waals surface area contributed by atoms with Crippen LogP contribution in [0, 0.1) is 0 Å². The number of nitrogens with two attached hydrogens (primary N) is 1. The highest BCUT2D eigenvalue weighted by molar-refractivity contribution is 6.06. The molecule has 0 aliphatic heterocycles. The Bertz CT molecular complexity index is 674.